The molecule has 0 aromatic carbocycles. The van der Waals surface area contributed by atoms with Crippen molar-refractivity contribution in [2.24, 2.45) is 5.92 Å². The van der Waals surface area contributed by atoms with Crippen LogP contribution in [0, 0.1) is 5.92 Å². The summed E-state index contributed by atoms with van der Waals surface area (Å²) < 4.78 is 5.20. The van der Waals surface area contributed by atoms with Gasteiger partial charge in [0.1, 0.15) is 5.78 Å². The summed E-state index contributed by atoms with van der Waals surface area (Å²) >= 11 is 0. The van der Waals surface area contributed by atoms with Gasteiger partial charge in [0.25, 0.3) is 0 Å². The van der Waals surface area contributed by atoms with E-state index in [-0.39, 0.29) is 5.92 Å². The van der Waals surface area contributed by atoms with E-state index in [1.165, 1.54) is 6.42 Å². The lowest BCUT2D eigenvalue weighted by molar-refractivity contribution is -0.125. The lowest BCUT2D eigenvalue weighted by Crippen LogP contribution is -2.42. The first-order chi connectivity index (χ1) is 8.72. The molecule has 0 saturated heterocycles. The number of hydrogen-bond acceptors (Lipinski definition) is 3. The Hall–Kier alpha value is -0.410. The van der Waals surface area contributed by atoms with Crippen LogP contribution in [0.1, 0.15) is 52.4 Å². The fourth-order valence-electron chi connectivity index (χ4n) is 2.97. The van der Waals surface area contributed by atoms with Crippen molar-refractivity contribution in [3.05, 3.63) is 0 Å². The van der Waals surface area contributed by atoms with Gasteiger partial charge in [0.05, 0.1) is 6.61 Å². The number of carbonyl (C=O) groups excluding carboxylic acids is 1. The van der Waals surface area contributed by atoms with E-state index in [0.29, 0.717) is 11.8 Å². The van der Waals surface area contributed by atoms with Gasteiger partial charge in [-0.25, -0.2) is 0 Å². The van der Waals surface area contributed by atoms with E-state index in [1.807, 2.05) is 0 Å². The van der Waals surface area contributed by atoms with Crippen LogP contribution in [0.5, 0.6) is 0 Å². The van der Waals surface area contributed by atoms with Gasteiger partial charge in [-0.15, -0.1) is 0 Å². The van der Waals surface area contributed by atoms with Crippen LogP contribution in [-0.4, -0.2) is 43.5 Å². The van der Waals surface area contributed by atoms with Crippen LogP contribution in [0.2, 0.25) is 0 Å². The van der Waals surface area contributed by atoms with Gasteiger partial charge in [-0.3, -0.25) is 9.69 Å². The molecule has 18 heavy (non-hydrogen) atoms. The highest BCUT2D eigenvalue weighted by molar-refractivity contribution is 5.81. The Kier molecular flexibility index (Phi) is 7.52. The maximum Gasteiger partial charge on any atom is 0.137 e. The minimum atomic E-state index is 0.274. The monoisotopic (exact) mass is 255 g/mol. The molecule has 0 amide bonds. The largest absolute Gasteiger partial charge is 0.383 e. The number of ether oxygens (including phenoxy) is 1. The third-order valence-electron chi connectivity index (χ3n) is 4.18. The summed E-state index contributed by atoms with van der Waals surface area (Å²) in [7, 11) is 1.75. The fourth-order valence-corrected chi connectivity index (χ4v) is 2.97. The van der Waals surface area contributed by atoms with E-state index in [0.717, 1.165) is 51.8 Å². The first-order valence-electron chi connectivity index (χ1n) is 7.48. The molecular weight excluding hydrogens is 226 g/mol. The molecule has 0 bridgehead atoms. The topological polar surface area (TPSA) is 29.5 Å². The van der Waals surface area contributed by atoms with Crippen LogP contribution in [0.3, 0.4) is 0 Å². The quantitative estimate of drug-likeness (QED) is 0.668. The van der Waals surface area contributed by atoms with Crippen LogP contribution in [0.25, 0.3) is 0 Å². The van der Waals surface area contributed by atoms with Crippen molar-refractivity contribution in [1.29, 1.82) is 0 Å². The maximum atomic E-state index is 11.9. The highest BCUT2D eigenvalue weighted by Gasteiger charge is 2.26. The molecule has 1 rings (SSSR count). The zero-order valence-corrected chi connectivity index (χ0v) is 12.3. The molecular formula is C15H29NO2. The number of Topliss-reactive ketones (excluding diaryl/α,β-unsaturated/α-hetero) is 1. The number of nitrogens with zero attached hydrogens (tertiary/aromatic N) is 1. The van der Waals surface area contributed by atoms with Gasteiger partial charge in [-0.2, -0.15) is 0 Å². The SMILES string of the molecule is CCC(CC)N(CCOC)CC1CCCCC1=O. The van der Waals surface area contributed by atoms with E-state index in [2.05, 4.69) is 18.7 Å². The molecule has 0 aromatic rings. The average Bonchev–Trinajstić information content (AvgIpc) is 2.39. The predicted octanol–water partition coefficient (Wildman–Crippen LogP) is 2.88. The number of ketones is 1. The van der Waals surface area contributed by atoms with E-state index in [1.54, 1.807) is 7.11 Å². The summed E-state index contributed by atoms with van der Waals surface area (Å²) in [4.78, 5) is 14.4. The fraction of sp³-hybridized carbons (Fsp3) is 0.933. The second-order valence-electron chi connectivity index (χ2n) is 5.37. The molecule has 3 nitrogen and oxygen atoms in total. The molecule has 1 aliphatic rings. The third kappa shape index (κ3) is 4.69. The maximum absolute atomic E-state index is 11.9. The summed E-state index contributed by atoms with van der Waals surface area (Å²) in [5.41, 5.74) is 0. The first-order valence-corrected chi connectivity index (χ1v) is 7.48. The second kappa shape index (κ2) is 8.65. The number of carbonyl (C=O) groups is 1. The Balaban J connectivity index is 2.55. The van der Waals surface area contributed by atoms with E-state index < -0.39 is 0 Å². The van der Waals surface area contributed by atoms with Crippen molar-refractivity contribution in [1.82, 2.24) is 4.90 Å². The van der Waals surface area contributed by atoms with Crippen molar-refractivity contribution < 1.29 is 9.53 Å². The summed E-state index contributed by atoms with van der Waals surface area (Å²) in [6.07, 6.45) is 6.51. The van der Waals surface area contributed by atoms with E-state index >= 15 is 0 Å². The Morgan fingerprint density at radius 3 is 2.61 bits per heavy atom. The van der Waals surface area contributed by atoms with Gasteiger partial charge in [0.15, 0.2) is 0 Å². The molecule has 1 unspecified atom stereocenters. The molecule has 0 aliphatic heterocycles. The lowest BCUT2D eigenvalue weighted by Gasteiger charge is -2.34. The highest BCUT2D eigenvalue weighted by Crippen LogP contribution is 2.23. The van der Waals surface area contributed by atoms with Crippen LogP contribution >= 0.6 is 0 Å². The van der Waals surface area contributed by atoms with Crippen molar-refractivity contribution >= 4 is 5.78 Å². The van der Waals surface area contributed by atoms with Crippen molar-refractivity contribution in [3.63, 3.8) is 0 Å². The van der Waals surface area contributed by atoms with Gasteiger partial charge < -0.3 is 4.74 Å². The molecule has 0 aromatic heterocycles. The summed E-state index contributed by atoms with van der Waals surface area (Å²) in [5, 5.41) is 0. The Morgan fingerprint density at radius 2 is 2.06 bits per heavy atom. The molecule has 1 fully saturated rings. The summed E-state index contributed by atoms with van der Waals surface area (Å²) in [6, 6.07) is 0.592. The smallest absolute Gasteiger partial charge is 0.137 e. The van der Waals surface area contributed by atoms with Crippen molar-refractivity contribution in [2.45, 2.75) is 58.4 Å². The van der Waals surface area contributed by atoms with Gasteiger partial charge in [-0.05, 0) is 25.7 Å². The minimum absolute atomic E-state index is 0.274. The molecule has 3 heteroatoms. The number of rotatable bonds is 8. The predicted molar refractivity (Wildman–Crippen MR) is 74.8 cm³/mol. The van der Waals surface area contributed by atoms with Crippen LogP contribution < -0.4 is 0 Å². The van der Waals surface area contributed by atoms with Crippen LogP contribution in [0.4, 0.5) is 0 Å². The zero-order valence-electron chi connectivity index (χ0n) is 12.3. The Labute approximate surface area is 112 Å². The summed E-state index contributed by atoms with van der Waals surface area (Å²) in [5.74, 6) is 0.755. The summed E-state index contributed by atoms with van der Waals surface area (Å²) in [6.45, 7) is 7.12. The van der Waals surface area contributed by atoms with Crippen molar-refractivity contribution in [2.75, 3.05) is 26.8 Å². The molecule has 0 spiro atoms. The minimum Gasteiger partial charge on any atom is -0.383 e. The highest BCUT2D eigenvalue weighted by atomic mass is 16.5. The van der Waals surface area contributed by atoms with Crippen molar-refractivity contribution in [3.8, 4) is 0 Å². The van der Waals surface area contributed by atoms with E-state index in [4.69, 9.17) is 4.74 Å². The molecule has 106 valence electrons. The third-order valence-corrected chi connectivity index (χ3v) is 4.18. The van der Waals surface area contributed by atoms with Crippen LogP contribution in [0.15, 0.2) is 0 Å². The zero-order chi connectivity index (χ0) is 13.4. The van der Waals surface area contributed by atoms with Crippen LogP contribution in [-0.2, 0) is 9.53 Å². The molecule has 0 heterocycles. The molecule has 1 saturated carbocycles. The van der Waals surface area contributed by atoms with Gasteiger partial charge in [0.2, 0.25) is 0 Å². The standard InChI is InChI=1S/C15H29NO2/c1-4-14(5-2)16(10-11-18-3)12-13-8-6-7-9-15(13)17/h13-14H,4-12H2,1-3H3. The first kappa shape index (κ1) is 15.6. The Bertz CT molecular complexity index is 239. The van der Waals surface area contributed by atoms with Gasteiger partial charge in [-0.1, -0.05) is 20.3 Å². The molecule has 1 aliphatic carbocycles. The molecule has 1 atom stereocenters. The second-order valence-corrected chi connectivity index (χ2v) is 5.37. The van der Waals surface area contributed by atoms with E-state index in [9.17, 15) is 4.79 Å². The average molecular weight is 255 g/mol. The Morgan fingerprint density at radius 1 is 1.33 bits per heavy atom. The normalized spacial score (nSPS) is 20.9. The number of methoxy groups -OCH3 is 1. The van der Waals surface area contributed by atoms with Gasteiger partial charge >= 0.3 is 0 Å². The number of hydrogen-bond donors (Lipinski definition) is 0. The lowest BCUT2D eigenvalue weighted by atomic mass is 9.87. The van der Waals surface area contributed by atoms with Gasteiger partial charge in [0, 0.05) is 38.6 Å². The molecule has 0 N–H and O–H groups in total. The molecule has 0 radical (unpaired) electrons.